The molecular weight excluding hydrogens is 334 g/mol. The average Bonchev–Trinajstić information content (AvgIpc) is 2.89. The summed E-state index contributed by atoms with van der Waals surface area (Å²) in [6.07, 6.45) is 0.347. The first kappa shape index (κ1) is 15.7. The molecule has 2 aliphatic heterocycles. The standard InChI is InChI=1S/C14H17N5O4S/c1-14(22)9(21)7(5-20)23-12(14)19-4-6-8-10(16-3-2-15-6)17-13(24)18-11(8)19/h2,4,7,9,12,20-22H,3,5H2,1H3,(H2,16,17,18,24)/t7-,9-,12-,14-/m1/s1. The van der Waals surface area contributed by atoms with Crippen molar-refractivity contribution < 1.29 is 20.1 Å². The maximum absolute atomic E-state index is 10.7. The predicted octanol–water partition coefficient (Wildman–Crippen LogP) is 0.223. The van der Waals surface area contributed by atoms with Crippen LogP contribution in [-0.2, 0) is 4.74 Å². The molecule has 0 unspecified atom stereocenters. The number of aromatic amines is 1. The lowest BCUT2D eigenvalue weighted by atomic mass is 9.96. The van der Waals surface area contributed by atoms with Crippen LogP contribution < -0.4 is 5.32 Å². The molecule has 0 aromatic carbocycles. The minimum absolute atomic E-state index is 0.273. The highest BCUT2D eigenvalue weighted by Gasteiger charge is 2.53. The van der Waals surface area contributed by atoms with Crippen LogP contribution in [0.1, 0.15) is 13.2 Å². The molecule has 5 N–H and O–H groups in total. The number of aromatic nitrogens is 3. The van der Waals surface area contributed by atoms with Gasteiger partial charge in [-0.1, -0.05) is 0 Å². The Morgan fingerprint density at radius 3 is 3.04 bits per heavy atom. The van der Waals surface area contributed by atoms with E-state index in [4.69, 9.17) is 17.0 Å². The average molecular weight is 351 g/mol. The number of H-pyrrole nitrogens is 1. The number of aliphatic imine (C=N–C) groups is 1. The van der Waals surface area contributed by atoms with Gasteiger partial charge in [-0.2, -0.15) is 0 Å². The van der Waals surface area contributed by atoms with E-state index in [9.17, 15) is 15.3 Å². The Morgan fingerprint density at radius 2 is 2.33 bits per heavy atom. The quantitative estimate of drug-likeness (QED) is 0.490. The van der Waals surface area contributed by atoms with E-state index in [1.54, 1.807) is 17.0 Å². The molecule has 0 saturated carbocycles. The van der Waals surface area contributed by atoms with Crippen molar-refractivity contribution in [2.45, 2.75) is 31.0 Å². The Bertz CT molecular complexity index is 889. The fourth-order valence-corrected chi connectivity index (χ4v) is 3.43. The summed E-state index contributed by atoms with van der Waals surface area (Å²) < 4.78 is 7.55. The second-order valence-electron chi connectivity index (χ2n) is 6.11. The van der Waals surface area contributed by atoms with E-state index in [1.807, 2.05) is 0 Å². The molecule has 2 aromatic heterocycles. The van der Waals surface area contributed by atoms with Crippen LogP contribution >= 0.6 is 12.2 Å². The molecule has 4 rings (SSSR count). The molecule has 4 atom stereocenters. The van der Waals surface area contributed by atoms with Crippen molar-refractivity contribution in [3.8, 4) is 0 Å². The Kier molecular flexibility index (Phi) is 3.48. The first-order chi connectivity index (χ1) is 11.4. The predicted molar refractivity (Wildman–Crippen MR) is 89.2 cm³/mol. The SMILES string of the molecule is C[C@@]1(O)[C@H](O)[C@@H](CO)O[C@H]1n1cc2c3c([nH]c(=S)nc31)NCC=N2. The highest BCUT2D eigenvalue weighted by Crippen LogP contribution is 2.43. The van der Waals surface area contributed by atoms with E-state index in [1.165, 1.54) is 6.92 Å². The molecule has 0 amide bonds. The largest absolute Gasteiger partial charge is 0.394 e. The summed E-state index contributed by atoms with van der Waals surface area (Å²) in [5.74, 6) is 0.688. The molecule has 4 heterocycles. The van der Waals surface area contributed by atoms with E-state index in [0.717, 1.165) is 5.39 Å². The van der Waals surface area contributed by atoms with E-state index in [2.05, 4.69) is 20.3 Å². The third-order valence-electron chi connectivity index (χ3n) is 4.46. The van der Waals surface area contributed by atoms with Gasteiger partial charge in [-0.05, 0) is 19.1 Å². The van der Waals surface area contributed by atoms with Gasteiger partial charge in [0.15, 0.2) is 16.6 Å². The van der Waals surface area contributed by atoms with Crippen LogP contribution in [0.5, 0.6) is 0 Å². The van der Waals surface area contributed by atoms with E-state index in [0.29, 0.717) is 23.7 Å². The minimum Gasteiger partial charge on any atom is -0.394 e. The first-order valence-electron chi connectivity index (χ1n) is 7.51. The Hall–Kier alpha value is -1.85. The van der Waals surface area contributed by atoms with E-state index in [-0.39, 0.29) is 4.77 Å². The monoisotopic (exact) mass is 351 g/mol. The first-order valence-corrected chi connectivity index (χ1v) is 7.92. The zero-order chi connectivity index (χ0) is 17.1. The zero-order valence-corrected chi connectivity index (χ0v) is 13.6. The number of nitrogens with one attached hydrogen (secondary N) is 2. The fourth-order valence-electron chi connectivity index (χ4n) is 3.24. The molecule has 10 heteroatoms. The normalized spacial score (nSPS) is 32.1. The summed E-state index contributed by atoms with van der Waals surface area (Å²) >= 11 is 5.18. The van der Waals surface area contributed by atoms with Crippen molar-refractivity contribution in [1.29, 1.82) is 0 Å². The van der Waals surface area contributed by atoms with Gasteiger partial charge < -0.3 is 34.9 Å². The van der Waals surface area contributed by atoms with Crippen LogP contribution in [0.25, 0.3) is 11.0 Å². The van der Waals surface area contributed by atoms with Gasteiger partial charge in [0, 0.05) is 12.4 Å². The lowest BCUT2D eigenvalue weighted by Crippen LogP contribution is -2.44. The number of ether oxygens (including phenoxy) is 1. The maximum atomic E-state index is 10.7. The van der Waals surface area contributed by atoms with Crippen LogP contribution in [0, 0.1) is 4.77 Å². The smallest absolute Gasteiger partial charge is 0.200 e. The van der Waals surface area contributed by atoms with Crippen LogP contribution in [0.3, 0.4) is 0 Å². The summed E-state index contributed by atoms with van der Waals surface area (Å²) in [4.78, 5) is 11.7. The topological polar surface area (TPSA) is 128 Å². The van der Waals surface area contributed by atoms with Gasteiger partial charge in [-0.25, -0.2) is 4.98 Å². The van der Waals surface area contributed by atoms with Crippen molar-refractivity contribution in [3.63, 3.8) is 0 Å². The van der Waals surface area contributed by atoms with Crippen LogP contribution in [0.2, 0.25) is 0 Å². The van der Waals surface area contributed by atoms with Crippen molar-refractivity contribution in [2.24, 2.45) is 4.99 Å². The van der Waals surface area contributed by atoms with Gasteiger partial charge in [0.2, 0.25) is 0 Å². The van der Waals surface area contributed by atoms with Crippen molar-refractivity contribution in [2.75, 3.05) is 18.5 Å². The van der Waals surface area contributed by atoms with Gasteiger partial charge >= 0.3 is 0 Å². The Labute approximate surface area is 141 Å². The summed E-state index contributed by atoms with van der Waals surface area (Å²) in [5.41, 5.74) is -0.489. The summed E-state index contributed by atoms with van der Waals surface area (Å²) in [7, 11) is 0. The summed E-state index contributed by atoms with van der Waals surface area (Å²) in [6.45, 7) is 1.60. The molecule has 128 valence electrons. The van der Waals surface area contributed by atoms with E-state index < -0.39 is 30.6 Å². The van der Waals surface area contributed by atoms with Crippen molar-refractivity contribution >= 4 is 41.0 Å². The number of aliphatic hydroxyl groups excluding tert-OH is 2. The molecule has 2 aliphatic rings. The van der Waals surface area contributed by atoms with Crippen LogP contribution in [-0.4, -0.2) is 67.0 Å². The number of anilines is 1. The second kappa shape index (κ2) is 5.33. The van der Waals surface area contributed by atoms with Crippen molar-refractivity contribution in [3.05, 3.63) is 11.0 Å². The van der Waals surface area contributed by atoms with Crippen LogP contribution in [0.15, 0.2) is 11.2 Å². The minimum atomic E-state index is -1.61. The van der Waals surface area contributed by atoms with Gasteiger partial charge in [-0.15, -0.1) is 0 Å². The molecule has 1 saturated heterocycles. The third-order valence-corrected chi connectivity index (χ3v) is 4.66. The molecule has 24 heavy (non-hydrogen) atoms. The third kappa shape index (κ3) is 2.11. The summed E-state index contributed by atoms with van der Waals surface area (Å²) in [6, 6.07) is 0. The lowest BCUT2D eigenvalue weighted by Gasteiger charge is -2.27. The molecule has 2 aromatic rings. The highest BCUT2D eigenvalue weighted by molar-refractivity contribution is 7.71. The number of hydrogen-bond donors (Lipinski definition) is 5. The fraction of sp³-hybridized carbons (Fsp3) is 0.500. The molecule has 0 aliphatic carbocycles. The molecule has 0 radical (unpaired) electrons. The maximum Gasteiger partial charge on any atom is 0.200 e. The van der Waals surface area contributed by atoms with E-state index >= 15 is 0 Å². The second-order valence-corrected chi connectivity index (χ2v) is 6.50. The van der Waals surface area contributed by atoms with Crippen LogP contribution in [0.4, 0.5) is 11.5 Å². The zero-order valence-electron chi connectivity index (χ0n) is 12.8. The number of rotatable bonds is 2. The van der Waals surface area contributed by atoms with Gasteiger partial charge in [0.25, 0.3) is 0 Å². The summed E-state index contributed by atoms with van der Waals surface area (Å²) in [5, 5.41) is 34.2. The molecule has 0 bridgehead atoms. The Balaban J connectivity index is 1.95. The van der Waals surface area contributed by atoms with Gasteiger partial charge in [0.1, 0.15) is 23.6 Å². The molecular formula is C14H17N5O4S. The number of nitrogens with zero attached hydrogens (tertiary/aromatic N) is 3. The van der Waals surface area contributed by atoms with Crippen molar-refractivity contribution in [1.82, 2.24) is 14.5 Å². The lowest BCUT2D eigenvalue weighted by molar-refractivity contribution is -0.0948. The number of aliphatic hydroxyl groups is 3. The molecule has 0 spiro atoms. The highest BCUT2D eigenvalue weighted by atomic mass is 32.1. The van der Waals surface area contributed by atoms with Gasteiger partial charge in [0.05, 0.1) is 24.2 Å². The Morgan fingerprint density at radius 1 is 1.54 bits per heavy atom. The molecule has 1 fully saturated rings. The van der Waals surface area contributed by atoms with Gasteiger partial charge in [-0.3, -0.25) is 4.99 Å². The molecule has 9 nitrogen and oxygen atoms in total. The number of hydrogen-bond acceptors (Lipinski definition) is 8.